The molecule has 0 saturated heterocycles. The summed E-state index contributed by atoms with van der Waals surface area (Å²) in [4.78, 5) is 0. The van der Waals surface area contributed by atoms with Gasteiger partial charge in [0.05, 0.1) is 39.6 Å². The lowest BCUT2D eigenvalue weighted by atomic mass is 9.83. The Hall–Kier alpha value is -6.54. The summed E-state index contributed by atoms with van der Waals surface area (Å²) in [6.07, 6.45) is 21.7. The molecule has 238 valence electrons. The van der Waals surface area contributed by atoms with Crippen LogP contribution >= 0.6 is 0 Å². The summed E-state index contributed by atoms with van der Waals surface area (Å²) in [5.41, 5.74) is 14.4. The molecule has 2 heterocycles. The van der Waals surface area contributed by atoms with Crippen molar-refractivity contribution in [2.45, 2.75) is 33.1 Å². The Morgan fingerprint density at radius 1 is 0.840 bits per heavy atom. The molecule has 0 amide bonds. The second-order valence-electron chi connectivity index (χ2n) is 13.1. The van der Waals surface area contributed by atoms with Crippen molar-refractivity contribution in [1.29, 1.82) is 10.5 Å². The van der Waals surface area contributed by atoms with Crippen LogP contribution in [0.15, 0.2) is 109 Å². The van der Waals surface area contributed by atoms with E-state index in [4.69, 9.17) is 6.42 Å². The number of allylic oxidation sites excluding steroid dienone is 6. The standard InChI is InChI=1S/C46H34N4/c1-4-5-19-42-31(3)35-14-8-10-20-43(35)49(42)34-24-22-30(2)41(27-34)37-16-7-6-15-36(37)40-18-12-13-33(29-48)46(40)50-44-21-11-9-17-38(44)39-25-23-32(28-47)26-45(39)50/h1,5-7,9-13,15-21,23-27,30H,8,14,22H2,2-3H3/b19-5-. The fourth-order valence-corrected chi connectivity index (χ4v) is 7.92. The SMILES string of the molecule is C#C/C=C\c1c(C)c2c(n1C1=CCC(C)C(c3ccccc3-c3cccc(C#N)c3-n3c4ccccc4c4ccc(C#N)cc43)=C1)C=CCC2. The zero-order chi connectivity index (χ0) is 34.4. The highest BCUT2D eigenvalue weighted by Gasteiger charge is 2.26. The Kier molecular flexibility index (Phi) is 7.68. The van der Waals surface area contributed by atoms with Crippen molar-refractivity contribution in [2.75, 3.05) is 0 Å². The number of benzene rings is 4. The number of nitrogens with zero attached hydrogens (tertiary/aromatic N) is 4. The summed E-state index contributed by atoms with van der Waals surface area (Å²) in [6, 6.07) is 33.4. The van der Waals surface area contributed by atoms with E-state index in [1.807, 2.05) is 42.5 Å². The first kappa shape index (κ1) is 30.8. The van der Waals surface area contributed by atoms with E-state index in [0.717, 1.165) is 74.8 Å². The molecule has 4 nitrogen and oxygen atoms in total. The van der Waals surface area contributed by atoms with Crippen LogP contribution in [-0.4, -0.2) is 9.13 Å². The van der Waals surface area contributed by atoms with Crippen LogP contribution in [0.3, 0.4) is 0 Å². The molecule has 50 heavy (non-hydrogen) atoms. The Morgan fingerprint density at radius 2 is 1.62 bits per heavy atom. The zero-order valence-electron chi connectivity index (χ0n) is 28.1. The van der Waals surface area contributed by atoms with Gasteiger partial charge in [-0.15, -0.1) is 6.42 Å². The van der Waals surface area contributed by atoms with Gasteiger partial charge >= 0.3 is 0 Å². The van der Waals surface area contributed by atoms with Crippen LogP contribution in [0.5, 0.6) is 0 Å². The molecule has 1 atom stereocenters. The molecule has 0 spiro atoms. The topological polar surface area (TPSA) is 57.4 Å². The van der Waals surface area contributed by atoms with Crippen LogP contribution in [-0.2, 0) is 6.42 Å². The Balaban J connectivity index is 1.37. The van der Waals surface area contributed by atoms with Crippen LogP contribution in [0.25, 0.3) is 62.0 Å². The second kappa shape index (κ2) is 12.5. The van der Waals surface area contributed by atoms with E-state index in [1.54, 1.807) is 6.08 Å². The van der Waals surface area contributed by atoms with Crippen molar-refractivity contribution in [3.8, 4) is 41.3 Å². The predicted octanol–water partition coefficient (Wildman–Crippen LogP) is 10.9. The highest BCUT2D eigenvalue weighted by Crippen LogP contribution is 2.44. The number of hydrogen-bond acceptors (Lipinski definition) is 2. The predicted molar refractivity (Wildman–Crippen MR) is 206 cm³/mol. The average Bonchev–Trinajstić information content (AvgIpc) is 3.64. The third-order valence-electron chi connectivity index (χ3n) is 10.3. The van der Waals surface area contributed by atoms with Crippen LogP contribution in [0.4, 0.5) is 0 Å². The minimum atomic E-state index is 0.265. The smallest absolute Gasteiger partial charge is 0.101 e. The molecule has 4 heteroatoms. The van der Waals surface area contributed by atoms with Crippen LogP contribution in [0.2, 0.25) is 0 Å². The summed E-state index contributed by atoms with van der Waals surface area (Å²) in [7, 11) is 0. The quantitative estimate of drug-likeness (QED) is 0.176. The molecule has 0 bridgehead atoms. The molecule has 0 saturated carbocycles. The van der Waals surface area contributed by atoms with E-state index in [-0.39, 0.29) is 5.92 Å². The minimum absolute atomic E-state index is 0.265. The molecule has 1 unspecified atom stereocenters. The van der Waals surface area contributed by atoms with Gasteiger partial charge in [-0.1, -0.05) is 85.7 Å². The van der Waals surface area contributed by atoms with Crippen molar-refractivity contribution in [3.63, 3.8) is 0 Å². The zero-order valence-corrected chi connectivity index (χ0v) is 28.1. The first-order valence-corrected chi connectivity index (χ1v) is 17.1. The van der Waals surface area contributed by atoms with Crippen molar-refractivity contribution < 1.29 is 0 Å². The Labute approximate surface area is 292 Å². The number of hydrogen-bond donors (Lipinski definition) is 0. The van der Waals surface area contributed by atoms with Crippen LogP contribution in [0, 0.1) is 47.8 Å². The maximum Gasteiger partial charge on any atom is 0.101 e. The summed E-state index contributed by atoms with van der Waals surface area (Å²) in [5.74, 6) is 2.95. The lowest BCUT2D eigenvalue weighted by Crippen LogP contribution is -2.10. The first-order chi connectivity index (χ1) is 24.5. The largest absolute Gasteiger partial charge is 0.310 e. The van der Waals surface area contributed by atoms with Gasteiger partial charge in [-0.05, 0) is 109 Å². The fraction of sp³-hybridized carbons (Fsp3) is 0.130. The lowest BCUT2D eigenvalue weighted by molar-refractivity contribution is 0.755. The van der Waals surface area contributed by atoms with Gasteiger partial charge in [0, 0.05) is 27.7 Å². The van der Waals surface area contributed by atoms with E-state index >= 15 is 0 Å². The van der Waals surface area contributed by atoms with Gasteiger partial charge in [-0.3, -0.25) is 0 Å². The van der Waals surface area contributed by atoms with E-state index in [2.05, 4.69) is 114 Å². The summed E-state index contributed by atoms with van der Waals surface area (Å²) in [6.45, 7) is 4.49. The van der Waals surface area contributed by atoms with Gasteiger partial charge in [0.1, 0.15) is 6.07 Å². The van der Waals surface area contributed by atoms with Crippen molar-refractivity contribution in [1.82, 2.24) is 9.13 Å². The number of rotatable bonds is 5. The lowest BCUT2D eigenvalue weighted by Gasteiger charge is -2.26. The third kappa shape index (κ3) is 4.84. The van der Waals surface area contributed by atoms with Gasteiger partial charge in [-0.25, -0.2) is 0 Å². The maximum atomic E-state index is 10.6. The second-order valence-corrected chi connectivity index (χ2v) is 13.1. The highest BCUT2D eigenvalue weighted by atomic mass is 15.0. The fourth-order valence-electron chi connectivity index (χ4n) is 7.92. The van der Waals surface area contributed by atoms with Crippen molar-refractivity contribution in [3.05, 3.63) is 148 Å². The molecule has 0 radical (unpaired) electrons. The van der Waals surface area contributed by atoms with Crippen LogP contribution < -0.4 is 0 Å². The van der Waals surface area contributed by atoms with Gasteiger partial charge in [0.2, 0.25) is 0 Å². The number of para-hydroxylation sites is 2. The highest BCUT2D eigenvalue weighted by molar-refractivity contribution is 6.10. The van der Waals surface area contributed by atoms with E-state index < -0.39 is 0 Å². The van der Waals surface area contributed by atoms with E-state index in [9.17, 15) is 10.5 Å². The summed E-state index contributed by atoms with van der Waals surface area (Å²) < 4.78 is 4.54. The molecule has 4 aromatic carbocycles. The number of fused-ring (bicyclic) bond motifs is 4. The average molecular weight is 643 g/mol. The maximum absolute atomic E-state index is 10.6. The van der Waals surface area contributed by atoms with Crippen molar-refractivity contribution >= 4 is 45.2 Å². The Bertz CT molecular complexity index is 2630. The molecular weight excluding hydrogens is 609 g/mol. The molecule has 2 aromatic heterocycles. The monoisotopic (exact) mass is 642 g/mol. The molecular formula is C46H34N4. The van der Waals surface area contributed by atoms with Gasteiger partial charge in [-0.2, -0.15) is 10.5 Å². The van der Waals surface area contributed by atoms with E-state index in [0.29, 0.717) is 11.1 Å². The normalized spacial score (nSPS) is 15.4. The first-order valence-electron chi connectivity index (χ1n) is 17.1. The van der Waals surface area contributed by atoms with E-state index in [1.165, 1.54) is 22.4 Å². The summed E-state index contributed by atoms with van der Waals surface area (Å²) in [5, 5.41) is 22.6. The molecule has 0 N–H and O–H groups in total. The number of aromatic nitrogens is 2. The molecule has 0 fully saturated rings. The number of nitriles is 2. The molecule has 8 rings (SSSR count). The van der Waals surface area contributed by atoms with Crippen molar-refractivity contribution in [2.24, 2.45) is 5.92 Å². The summed E-state index contributed by atoms with van der Waals surface area (Å²) >= 11 is 0. The molecule has 6 aromatic rings. The Morgan fingerprint density at radius 3 is 2.44 bits per heavy atom. The molecule has 0 aliphatic heterocycles. The van der Waals surface area contributed by atoms with Gasteiger partial charge in [0.15, 0.2) is 0 Å². The van der Waals surface area contributed by atoms with Gasteiger partial charge < -0.3 is 9.13 Å². The molecule has 2 aliphatic carbocycles. The van der Waals surface area contributed by atoms with Crippen LogP contribution in [0.1, 0.15) is 59.0 Å². The van der Waals surface area contributed by atoms with Gasteiger partial charge in [0.25, 0.3) is 0 Å². The minimum Gasteiger partial charge on any atom is -0.310 e. The molecule has 2 aliphatic rings. The third-order valence-corrected chi connectivity index (χ3v) is 10.3. The number of terminal acetylenes is 1.